The van der Waals surface area contributed by atoms with Gasteiger partial charge in [-0.25, -0.2) is 7.25 Å². The first-order valence-electron chi connectivity index (χ1n) is 0.766. The van der Waals surface area contributed by atoms with E-state index >= 15 is 0 Å². The minimum atomic E-state index is -1.91. The Bertz CT molecular complexity index is 38.7. The van der Waals surface area contributed by atoms with Crippen LogP contribution in [0.3, 0.4) is 0 Å². The molecule has 1 radical (unpaired) electrons. The molecule has 0 bridgehead atoms. The third kappa shape index (κ3) is 94.3. The monoisotopic (exact) mass is 313 g/mol. The summed E-state index contributed by atoms with van der Waals surface area (Å²) >= 11 is 1.69. The van der Waals surface area contributed by atoms with Crippen molar-refractivity contribution < 1.29 is 40.0 Å². The van der Waals surface area contributed by atoms with Crippen LogP contribution >= 0.6 is 33.8 Å². The van der Waals surface area contributed by atoms with Crippen molar-refractivity contribution in [3.8, 4) is 0 Å². The van der Waals surface area contributed by atoms with E-state index in [4.69, 9.17) is 3.56 Å². The van der Waals surface area contributed by atoms with E-state index in [-0.39, 0.29) is 38.3 Å². The van der Waals surface area contributed by atoms with E-state index in [2.05, 4.69) is 12.2 Å². The maximum absolute atomic E-state index is 9.98. The van der Waals surface area contributed by atoms with Gasteiger partial charge in [-0.15, -0.1) is 0 Å². The average Bonchev–Trinajstić information content (AvgIpc) is 1.39. The third-order valence-electron chi connectivity index (χ3n) is 0. The molecule has 1 nitrogen and oxygen atoms in total. The SMILES string of the molecule is FC=S.[N-]=IF.[Y]. The predicted octanol–water partition coefficient (Wildman–Crippen LogP) is 2.51. The van der Waals surface area contributed by atoms with Crippen molar-refractivity contribution in [2.24, 2.45) is 0 Å². The molecule has 41 valence electrons. The van der Waals surface area contributed by atoms with E-state index in [9.17, 15) is 7.25 Å². The minimum absolute atomic E-state index is 0. The summed E-state index contributed by atoms with van der Waals surface area (Å²) in [6.07, 6.45) is 0. The van der Waals surface area contributed by atoms with Crippen LogP contribution in [0.4, 0.5) is 7.25 Å². The molecule has 0 aliphatic carbocycles. The van der Waals surface area contributed by atoms with Gasteiger partial charge in [0.2, 0.25) is 0 Å². The van der Waals surface area contributed by atoms with Crippen molar-refractivity contribution in [3.05, 3.63) is 3.56 Å². The first kappa shape index (κ1) is 15.8. The van der Waals surface area contributed by atoms with Crippen LogP contribution in [-0.4, -0.2) is 5.62 Å². The number of nitrogens with zero attached hydrogens (tertiary/aromatic N) is 1. The molecule has 0 rings (SSSR count). The van der Waals surface area contributed by atoms with Gasteiger partial charge in [0.1, 0.15) is 5.62 Å². The molecular formula is CHF2INSY-. The molecule has 0 spiro atoms. The second-order valence-electron chi connectivity index (χ2n) is 0.153. The molecule has 0 aromatic carbocycles. The standard InChI is InChI=1S/CHFS.FIN.Y/c2-1-3;1-2-3;/h1H;;/q;-1;. The van der Waals surface area contributed by atoms with Crippen LogP contribution in [-0.2, 0) is 32.7 Å². The molecular weight excluding hydrogens is 312 g/mol. The quantitative estimate of drug-likeness (QED) is 0.383. The van der Waals surface area contributed by atoms with E-state index in [1.54, 1.807) is 0 Å². The van der Waals surface area contributed by atoms with E-state index in [0.717, 1.165) is 0 Å². The molecule has 0 saturated heterocycles. The first-order valence-corrected chi connectivity index (χ1v) is 3.02. The van der Waals surface area contributed by atoms with Gasteiger partial charge in [-0.2, -0.15) is 0 Å². The van der Waals surface area contributed by atoms with Crippen molar-refractivity contribution in [2.45, 2.75) is 0 Å². The Morgan fingerprint density at radius 2 is 1.71 bits per heavy atom. The topological polar surface area (TPSA) is 22.3 Å². The van der Waals surface area contributed by atoms with Gasteiger partial charge in [-0.05, 0) is 21.6 Å². The normalized spacial score (nSPS) is 4.29. The average molecular weight is 313 g/mol. The van der Waals surface area contributed by atoms with Crippen molar-refractivity contribution in [1.82, 2.24) is 0 Å². The molecule has 0 saturated carbocycles. The molecule has 0 unspecified atom stereocenters. The number of hydrogen-bond acceptors (Lipinski definition) is 1. The van der Waals surface area contributed by atoms with Crippen LogP contribution in [0.2, 0.25) is 0 Å². The first-order chi connectivity index (χ1) is 2.83. The maximum atomic E-state index is 9.98. The molecule has 0 atom stereocenters. The maximum Gasteiger partial charge on any atom is 0.149 e. The smallest absolute Gasteiger partial charge is 0.149 e. The summed E-state index contributed by atoms with van der Waals surface area (Å²) in [5.74, 6) is 0. The van der Waals surface area contributed by atoms with Gasteiger partial charge in [0, 0.05) is 32.7 Å². The number of halogens is 3. The number of rotatable bonds is 0. The van der Waals surface area contributed by atoms with Crippen LogP contribution in [0.25, 0.3) is 3.56 Å². The number of thiocarbonyl (C=S) groups is 1. The van der Waals surface area contributed by atoms with Gasteiger partial charge >= 0.3 is 0 Å². The van der Waals surface area contributed by atoms with Gasteiger partial charge in [0.25, 0.3) is 0 Å². The molecule has 0 N–H and O–H groups in total. The summed E-state index contributed by atoms with van der Waals surface area (Å²) in [7, 11) is 0. The van der Waals surface area contributed by atoms with E-state index in [0.29, 0.717) is 0 Å². The molecule has 7 heavy (non-hydrogen) atoms. The third-order valence-corrected chi connectivity index (χ3v) is 0. The minimum Gasteiger partial charge on any atom is -0.746 e. The molecule has 0 heterocycles. The summed E-state index contributed by atoms with van der Waals surface area (Å²) < 4.78 is 27.0. The molecule has 0 aromatic heterocycles. The Hall–Kier alpha value is 1.58. The molecule has 0 aliphatic heterocycles. The van der Waals surface area contributed by atoms with Gasteiger partial charge in [0.05, 0.1) is 0 Å². The predicted molar refractivity (Wildman–Crippen MR) is 33.2 cm³/mol. The van der Waals surface area contributed by atoms with Gasteiger partial charge in [-0.1, -0.05) is 12.2 Å². The van der Waals surface area contributed by atoms with Crippen LogP contribution in [0.1, 0.15) is 0 Å². The van der Waals surface area contributed by atoms with Gasteiger partial charge in [-0.3, -0.25) is 0 Å². The van der Waals surface area contributed by atoms with E-state index in [1.165, 1.54) is 0 Å². The van der Waals surface area contributed by atoms with Crippen molar-refractivity contribution in [1.29, 1.82) is 0 Å². The zero-order valence-corrected chi connectivity index (χ0v) is 8.96. The Balaban J connectivity index is -0.0000000400. The second-order valence-corrected chi connectivity index (χ2v) is 0.696. The summed E-state index contributed by atoms with van der Waals surface area (Å²) in [4.78, 5) is 0. The molecule has 0 aliphatic rings. The fourth-order valence-corrected chi connectivity index (χ4v) is 0. The fraction of sp³-hybridized carbons (Fsp3) is 0. The summed E-state index contributed by atoms with van der Waals surface area (Å²) in [5.41, 5.74) is 0.0833. The Morgan fingerprint density at radius 1 is 1.71 bits per heavy atom. The van der Waals surface area contributed by atoms with Crippen molar-refractivity contribution in [3.63, 3.8) is 0 Å². The Morgan fingerprint density at radius 3 is 1.71 bits per heavy atom. The molecule has 0 aromatic rings. The summed E-state index contributed by atoms with van der Waals surface area (Å²) in [6, 6.07) is 0. The summed E-state index contributed by atoms with van der Waals surface area (Å²) in [6.45, 7) is 0. The van der Waals surface area contributed by atoms with Crippen molar-refractivity contribution >= 4 is 39.4 Å². The molecule has 6 heteroatoms. The Kier molecular flexibility index (Phi) is 57.9. The molecule has 0 fully saturated rings. The van der Waals surface area contributed by atoms with E-state index < -0.39 is 21.6 Å². The van der Waals surface area contributed by atoms with Crippen LogP contribution < -0.4 is 0 Å². The van der Waals surface area contributed by atoms with Crippen LogP contribution in [0, 0.1) is 0 Å². The zero-order chi connectivity index (χ0) is 5.41. The summed E-state index contributed by atoms with van der Waals surface area (Å²) in [5, 5.41) is 0. The second kappa shape index (κ2) is 25.6. The van der Waals surface area contributed by atoms with Crippen LogP contribution in [0.15, 0.2) is 0 Å². The Labute approximate surface area is 81.9 Å². The number of hydrogen-bond donors (Lipinski definition) is 0. The zero-order valence-electron chi connectivity index (χ0n) is 3.14. The van der Waals surface area contributed by atoms with Gasteiger partial charge in [0.15, 0.2) is 0 Å². The largest absolute Gasteiger partial charge is 0.746 e. The van der Waals surface area contributed by atoms with E-state index in [1.807, 2.05) is 0 Å². The van der Waals surface area contributed by atoms with Crippen LogP contribution in [0.5, 0.6) is 0 Å². The van der Waals surface area contributed by atoms with Gasteiger partial charge < -0.3 is 3.56 Å². The van der Waals surface area contributed by atoms with Crippen molar-refractivity contribution in [2.75, 3.05) is 0 Å². The molecule has 0 amide bonds. The fourth-order valence-electron chi connectivity index (χ4n) is 0.